The van der Waals surface area contributed by atoms with Crippen LogP contribution in [0.2, 0.25) is 0 Å². The molecule has 6 N–H and O–H groups in total. The first-order valence-corrected chi connectivity index (χ1v) is 16.9. The lowest BCUT2D eigenvalue weighted by molar-refractivity contribution is -0.122. The predicted molar refractivity (Wildman–Crippen MR) is 207 cm³/mol. The molecular formula is C42H32N6O6. The standard InChI is InChI=1S/C22H19N3O4.C20H13N3O2/c1-28-15-7-3-13(4-8-15)23-19-11-17-18(22(27)25-21(17)26)12-20(19)24-14-5-9-16(29-2)10-6-14;24-19-17(13-9-21-15-7-3-1-5-11(13)15)18(20(25)23-19)14-10-22-16-8-4-2-6-12(14)16/h3-12,23-24H,1-2H3,(H,25,26,27);1-10,21-22H,(H,23,24,25). The first-order chi connectivity index (χ1) is 26.3. The number of H-pyrrole nitrogens is 2. The van der Waals surface area contributed by atoms with Crippen molar-refractivity contribution in [1.82, 2.24) is 20.6 Å². The maximum absolute atomic E-state index is 12.6. The second-order valence-electron chi connectivity index (χ2n) is 12.5. The van der Waals surface area contributed by atoms with E-state index in [1.807, 2.05) is 97.1 Å². The summed E-state index contributed by atoms with van der Waals surface area (Å²) in [4.78, 5) is 55.6. The Labute approximate surface area is 308 Å². The van der Waals surface area contributed by atoms with Crippen LogP contribution in [-0.4, -0.2) is 47.8 Å². The highest BCUT2D eigenvalue weighted by molar-refractivity contribution is 6.50. The Morgan fingerprint density at radius 2 is 0.852 bits per heavy atom. The smallest absolute Gasteiger partial charge is 0.259 e. The number of ether oxygens (including phenoxy) is 2. The minimum absolute atomic E-state index is 0.339. The van der Waals surface area contributed by atoms with Crippen molar-refractivity contribution >= 4 is 79.3 Å². The van der Waals surface area contributed by atoms with Gasteiger partial charge in [0.1, 0.15) is 11.5 Å². The number of amides is 4. The van der Waals surface area contributed by atoms with E-state index in [4.69, 9.17) is 9.47 Å². The molecule has 0 aliphatic carbocycles. The topological polar surface area (TPSA) is 166 Å². The number of methoxy groups -OCH3 is 2. The maximum atomic E-state index is 12.6. The van der Waals surface area contributed by atoms with Crippen LogP contribution in [-0.2, 0) is 9.59 Å². The van der Waals surface area contributed by atoms with Gasteiger partial charge in [-0.2, -0.15) is 0 Å². The molecule has 7 aromatic rings. The van der Waals surface area contributed by atoms with Crippen LogP contribution in [0.3, 0.4) is 0 Å². The van der Waals surface area contributed by atoms with Crippen LogP contribution in [0, 0.1) is 0 Å². The average molecular weight is 717 g/mol. The van der Waals surface area contributed by atoms with Gasteiger partial charge in [0.25, 0.3) is 23.6 Å². The number of carbonyl (C=O) groups excluding carboxylic acids is 4. The zero-order chi connectivity index (χ0) is 37.3. The Bertz CT molecular complexity index is 2470. The van der Waals surface area contributed by atoms with E-state index in [1.54, 1.807) is 38.7 Å². The molecule has 2 aliphatic rings. The summed E-state index contributed by atoms with van der Waals surface area (Å²) in [6.45, 7) is 0. The van der Waals surface area contributed by atoms with Crippen LogP contribution in [0.4, 0.5) is 22.7 Å². The third-order valence-corrected chi connectivity index (χ3v) is 9.26. The number of hydrogen-bond donors (Lipinski definition) is 6. The highest BCUT2D eigenvalue weighted by Crippen LogP contribution is 2.38. The third kappa shape index (κ3) is 6.17. The molecule has 0 unspecified atom stereocenters. The number of rotatable bonds is 8. The van der Waals surface area contributed by atoms with E-state index < -0.39 is 11.8 Å². The Hall–Kier alpha value is -7.60. The fourth-order valence-corrected chi connectivity index (χ4v) is 6.61. The molecule has 0 radical (unpaired) electrons. The molecule has 54 heavy (non-hydrogen) atoms. The van der Waals surface area contributed by atoms with Gasteiger partial charge in [-0.25, -0.2) is 0 Å². The van der Waals surface area contributed by atoms with Crippen LogP contribution in [0.5, 0.6) is 11.5 Å². The van der Waals surface area contributed by atoms with Crippen LogP contribution in [0.1, 0.15) is 31.8 Å². The molecule has 4 heterocycles. The van der Waals surface area contributed by atoms with E-state index in [9.17, 15) is 19.2 Å². The first kappa shape index (κ1) is 33.5. The normalized spacial score (nSPS) is 13.4. The number of nitrogens with one attached hydrogen (secondary N) is 6. The van der Waals surface area contributed by atoms with Crippen LogP contribution >= 0.6 is 0 Å². The fourth-order valence-electron chi connectivity index (χ4n) is 6.61. The number of imide groups is 2. The number of para-hydroxylation sites is 2. The molecule has 0 fully saturated rings. The monoisotopic (exact) mass is 716 g/mol. The SMILES string of the molecule is COc1ccc(Nc2cc3c(cc2Nc2ccc(OC)cc2)C(=O)NC3=O)cc1.O=C1NC(=O)C(c2c[nH]c3ccccc23)=C1c1c[nH]c2ccccc12. The van der Waals surface area contributed by atoms with Gasteiger partial charge in [0.15, 0.2) is 0 Å². The minimum Gasteiger partial charge on any atom is -0.497 e. The zero-order valence-electron chi connectivity index (χ0n) is 29.0. The van der Waals surface area contributed by atoms with Gasteiger partial charge in [-0.1, -0.05) is 36.4 Å². The third-order valence-electron chi connectivity index (χ3n) is 9.26. The molecule has 2 aromatic heterocycles. The molecule has 9 rings (SSSR count). The van der Waals surface area contributed by atoms with Crippen LogP contribution in [0.15, 0.2) is 122 Å². The van der Waals surface area contributed by atoms with Crippen molar-refractivity contribution in [2.24, 2.45) is 0 Å². The van der Waals surface area contributed by atoms with Crippen molar-refractivity contribution in [3.8, 4) is 11.5 Å². The lowest BCUT2D eigenvalue weighted by Crippen LogP contribution is -2.22. The molecule has 266 valence electrons. The van der Waals surface area contributed by atoms with E-state index in [0.717, 1.165) is 55.8 Å². The van der Waals surface area contributed by atoms with E-state index >= 15 is 0 Å². The minimum atomic E-state index is -0.404. The quantitative estimate of drug-likeness (QED) is 0.0892. The molecular weight excluding hydrogens is 684 g/mol. The van der Waals surface area contributed by atoms with Crippen LogP contribution < -0.4 is 30.7 Å². The number of aromatic nitrogens is 2. The number of hydrogen-bond acceptors (Lipinski definition) is 8. The Morgan fingerprint density at radius 1 is 0.463 bits per heavy atom. The van der Waals surface area contributed by atoms with Crippen LogP contribution in [0.25, 0.3) is 33.0 Å². The highest BCUT2D eigenvalue weighted by Gasteiger charge is 2.34. The van der Waals surface area contributed by atoms with Gasteiger partial charge in [-0.3, -0.25) is 29.8 Å². The van der Waals surface area contributed by atoms with Gasteiger partial charge in [0, 0.05) is 56.7 Å². The zero-order valence-corrected chi connectivity index (χ0v) is 29.0. The summed E-state index contributed by atoms with van der Waals surface area (Å²) < 4.78 is 10.4. The molecule has 0 bridgehead atoms. The number of fused-ring (bicyclic) bond motifs is 3. The van der Waals surface area contributed by atoms with E-state index in [0.29, 0.717) is 33.6 Å². The molecule has 0 saturated carbocycles. The lowest BCUT2D eigenvalue weighted by atomic mass is 9.95. The number of aromatic amines is 2. The van der Waals surface area contributed by atoms with Gasteiger partial charge in [0.2, 0.25) is 0 Å². The van der Waals surface area contributed by atoms with Crippen molar-refractivity contribution in [2.75, 3.05) is 24.9 Å². The number of carbonyl (C=O) groups is 4. The molecule has 5 aromatic carbocycles. The summed E-state index contributed by atoms with van der Waals surface area (Å²) in [5.41, 5.74) is 7.77. The maximum Gasteiger partial charge on any atom is 0.259 e. The second kappa shape index (κ2) is 13.8. The predicted octanol–water partition coefficient (Wildman–Crippen LogP) is 7.29. The molecule has 12 heteroatoms. The van der Waals surface area contributed by atoms with Crippen molar-refractivity contribution in [2.45, 2.75) is 0 Å². The number of anilines is 4. The summed E-state index contributed by atoms with van der Waals surface area (Å²) in [6.07, 6.45) is 3.57. The summed E-state index contributed by atoms with van der Waals surface area (Å²) in [5.74, 6) is -0.0558. The van der Waals surface area contributed by atoms with E-state index in [1.165, 1.54) is 0 Å². The summed E-state index contributed by atoms with van der Waals surface area (Å²) in [6, 6.07) is 33.6. The molecule has 0 spiro atoms. The van der Waals surface area contributed by atoms with Gasteiger partial charge in [0.05, 0.1) is 47.9 Å². The molecule has 12 nitrogen and oxygen atoms in total. The summed E-state index contributed by atoms with van der Waals surface area (Å²) in [7, 11) is 3.21. The van der Waals surface area contributed by atoms with Gasteiger partial charge in [-0.15, -0.1) is 0 Å². The summed E-state index contributed by atoms with van der Waals surface area (Å²) >= 11 is 0. The number of benzene rings is 5. The summed E-state index contributed by atoms with van der Waals surface area (Å²) in [5, 5.41) is 13.2. The fraction of sp³-hybridized carbons (Fsp3) is 0.0476. The lowest BCUT2D eigenvalue weighted by Gasteiger charge is -2.16. The second-order valence-corrected chi connectivity index (χ2v) is 12.5. The largest absolute Gasteiger partial charge is 0.497 e. The Morgan fingerprint density at radius 3 is 1.26 bits per heavy atom. The molecule has 2 aliphatic heterocycles. The van der Waals surface area contributed by atoms with Gasteiger partial charge >= 0.3 is 0 Å². The highest BCUT2D eigenvalue weighted by atomic mass is 16.5. The molecule has 0 atom stereocenters. The Kier molecular flexibility index (Phi) is 8.60. The van der Waals surface area contributed by atoms with Crippen molar-refractivity contribution in [1.29, 1.82) is 0 Å². The van der Waals surface area contributed by atoms with Gasteiger partial charge < -0.3 is 30.1 Å². The average Bonchev–Trinajstić information content (AvgIpc) is 3.95. The van der Waals surface area contributed by atoms with E-state index in [2.05, 4.69) is 31.2 Å². The van der Waals surface area contributed by atoms with E-state index in [-0.39, 0.29) is 11.8 Å². The van der Waals surface area contributed by atoms with Crippen molar-refractivity contribution in [3.63, 3.8) is 0 Å². The van der Waals surface area contributed by atoms with Crippen molar-refractivity contribution < 1.29 is 28.7 Å². The Balaban J connectivity index is 0.000000155. The molecule has 4 amide bonds. The first-order valence-electron chi connectivity index (χ1n) is 16.9. The van der Waals surface area contributed by atoms with Gasteiger partial charge in [-0.05, 0) is 72.8 Å². The molecule has 0 saturated heterocycles. The van der Waals surface area contributed by atoms with Crippen molar-refractivity contribution in [3.05, 3.63) is 144 Å².